The van der Waals surface area contributed by atoms with Gasteiger partial charge in [0.2, 0.25) is 0 Å². The molecular formula is C14H24N2O3. The van der Waals surface area contributed by atoms with Crippen molar-refractivity contribution in [1.82, 2.24) is 10.2 Å². The monoisotopic (exact) mass is 268 g/mol. The predicted molar refractivity (Wildman–Crippen MR) is 72.0 cm³/mol. The second-order valence-electron chi connectivity index (χ2n) is 6.02. The van der Waals surface area contributed by atoms with E-state index in [1.165, 1.54) is 6.42 Å². The number of carbonyl (C=O) groups is 2. The summed E-state index contributed by atoms with van der Waals surface area (Å²) in [7, 11) is 0. The standard InChI is InChI=1S/C14H24N2O3/c1-2-4-11-5-8-16(10-11)13(19)15-14(6-3-7-14)9-12(17)18/h11H,2-10H2,1H3,(H,15,19)(H,17,18). The molecule has 1 atom stereocenters. The van der Waals surface area contributed by atoms with Gasteiger partial charge >= 0.3 is 12.0 Å². The molecular weight excluding hydrogens is 244 g/mol. The fourth-order valence-electron chi connectivity index (χ4n) is 3.21. The lowest BCUT2D eigenvalue weighted by molar-refractivity contribution is -0.139. The molecule has 0 aromatic heterocycles. The Kier molecular flexibility index (Phi) is 4.32. The molecule has 1 saturated heterocycles. The van der Waals surface area contributed by atoms with Crippen LogP contribution >= 0.6 is 0 Å². The van der Waals surface area contributed by atoms with Gasteiger partial charge in [0.25, 0.3) is 0 Å². The van der Waals surface area contributed by atoms with Crippen molar-refractivity contribution in [2.24, 2.45) is 5.92 Å². The van der Waals surface area contributed by atoms with Gasteiger partial charge in [-0.1, -0.05) is 13.3 Å². The zero-order chi connectivity index (χ0) is 13.9. The number of hydrogen-bond donors (Lipinski definition) is 2. The van der Waals surface area contributed by atoms with Gasteiger partial charge in [-0.2, -0.15) is 0 Å². The van der Waals surface area contributed by atoms with Crippen LogP contribution in [0.1, 0.15) is 51.9 Å². The second kappa shape index (κ2) is 5.80. The third kappa shape index (κ3) is 3.39. The Hall–Kier alpha value is -1.26. The molecule has 2 N–H and O–H groups in total. The number of carboxylic acids is 1. The molecule has 0 bridgehead atoms. The molecule has 2 aliphatic rings. The van der Waals surface area contributed by atoms with Gasteiger partial charge in [0.1, 0.15) is 0 Å². The molecule has 1 aliphatic carbocycles. The minimum Gasteiger partial charge on any atom is -0.481 e. The minimum absolute atomic E-state index is 0.0466. The number of carboxylic acid groups (broad SMARTS) is 1. The van der Waals surface area contributed by atoms with E-state index in [2.05, 4.69) is 12.2 Å². The van der Waals surface area contributed by atoms with E-state index in [0.717, 1.165) is 45.2 Å². The molecule has 0 spiro atoms. The van der Waals surface area contributed by atoms with Crippen molar-refractivity contribution >= 4 is 12.0 Å². The van der Waals surface area contributed by atoms with Gasteiger partial charge in [-0.15, -0.1) is 0 Å². The lowest BCUT2D eigenvalue weighted by atomic mass is 9.74. The van der Waals surface area contributed by atoms with Crippen molar-refractivity contribution in [3.63, 3.8) is 0 Å². The molecule has 5 heteroatoms. The topological polar surface area (TPSA) is 69.6 Å². The summed E-state index contributed by atoms with van der Waals surface area (Å²) in [6.07, 6.45) is 6.03. The van der Waals surface area contributed by atoms with Gasteiger partial charge in [0.05, 0.1) is 12.0 Å². The van der Waals surface area contributed by atoms with Gasteiger partial charge in [-0.3, -0.25) is 4.79 Å². The van der Waals surface area contributed by atoms with E-state index in [1.807, 2.05) is 4.90 Å². The summed E-state index contributed by atoms with van der Waals surface area (Å²) in [4.78, 5) is 24.9. The number of amides is 2. The lowest BCUT2D eigenvalue weighted by Crippen LogP contribution is -2.57. The highest BCUT2D eigenvalue weighted by molar-refractivity contribution is 5.77. The fourth-order valence-corrected chi connectivity index (χ4v) is 3.21. The molecule has 5 nitrogen and oxygen atoms in total. The first-order valence-electron chi connectivity index (χ1n) is 7.33. The van der Waals surface area contributed by atoms with Crippen LogP contribution in [-0.2, 0) is 4.79 Å². The lowest BCUT2D eigenvalue weighted by Gasteiger charge is -2.42. The maximum atomic E-state index is 12.2. The SMILES string of the molecule is CCCC1CCN(C(=O)NC2(CC(=O)O)CCC2)C1. The van der Waals surface area contributed by atoms with Crippen molar-refractivity contribution < 1.29 is 14.7 Å². The van der Waals surface area contributed by atoms with Crippen LogP contribution in [0.5, 0.6) is 0 Å². The first-order chi connectivity index (χ1) is 9.04. The van der Waals surface area contributed by atoms with Gasteiger partial charge in [-0.05, 0) is 38.0 Å². The number of urea groups is 1. The maximum absolute atomic E-state index is 12.2. The Morgan fingerprint density at radius 2 is 2.16 bits per heavy atom. The normalized spacial score (nSPS) is 24.9. The zero-order valence-electron chi connectivity index (χ0n) is 11.7. The van der Waals surface area contributed by atoms with Crippen LogP contribution in [0.2, 0.25) is 0 Å². The number of nitrogens with one attached hydrogen (secondary N) is 1. The zero-order valence-corrected chi connectivity index (χ0v) is 11.7. The van der Waals surface area contributed by atoms with Crippen molar-refractivity contribution in [2.45, 2.75) is 57.4 Å². The maximum Gasteiger partial charge on any atom is 0.317 e. The summed E-state index contributed by atoms with van der Waals surface area (Å²) in [5.74, 6) is -0.210. The van der Waals surface area contributed by atoms with Crippen LogP contribution in [0.4, 0.5) is 4.79 Å². The van der Waals surface area contributed by atoms with Crippen molar-refractivity contribution in [2.75, 3.05) is 13.1 Å². The molecule has 2 fully saturated rings. The second-order valence-corrected chi connectivity index (χ2v) is 6.02. The van der Waals surface area contributed by atoms with Crippen LogP contribution in [0.25, 0.3) is 0 Å². The van der Waals surface area contributed by atoms with Crippen LogP contribution in [0.15, 0.2) is 0 Å². The Balaban J connectivity index is 1.85. The van der Waals surface area contributed by atoms with Gasteiger partial charge < -0.3 is 15.3 Å². The minimum atomic E-state index is -0.828. The number of aliphatic carboxylic acids is 1. The van der Waals surface area contributed by atoms with Gasteiger partial charge in [0, 0.05) is 13.1 Å². The molecule has 1 heterocycles. The van der Waals surface area contributed by atoms with Crippen molar-refractivity contribution in [3.05, 3.63) is 0 Å². The van der Waals surface area contributed by atoms with E-state index in [4.69, 9.17) is 5.11 Å². The van der Waals surface area contributed by atoms with Gasteiger partial charge in [-0.25, -0.2) is 4.79 Å². The first-order valence-corrected chi connectivity index (χ1v) is 7.33. The van der Waals surface area contributed by atoms with E-state index in [-0.39, 0.29) is 12.5 Å². The summed E-state index contributed by atoms with van der Waals surface area (Å²) < 4.78 is 0. The van der Waals surface area contributed by atoms with Crippen LogP contribution in [-0.4, -0.2) is 40.6 Å². The molecule has 2 amide bonds. The number of rotatable bonds is 5. The number of carbonyl (C=O) groups excluding carboxylic acids is 1. The van der Waals surface area contributed by atoms with E-state index >= 15 is 0 Å². The third-order valence-electron chi connectivity index (χ3n) is 4.44. The Labute approximate surface area is 114 Å². The first kappa shape index (κ1) is 14.2. The highest BCUT2D eigenvalue weighted by Crippen LogP contribution is 2.35. The van der Waals surface area contributed by atoms with Crippen molar-refractivity contribution in [3.8, 4) is 0 Å². The largest absolute Gasteiger partial charge is 0.481 e. The van der Waals surface area contributed by atoms with Gasteiger partial charge in [0.15, 0.2) is 0 Å². The molecule has 0 aromatic carbocycles. The highest BCUT2D eigenvalue weighted by Gasteiger charge is 2.41. The summed E-state index contributed by atoms with van der Waals surface area (Å²) in [6.45, 7) is 3.79. The summed E-state index contributed by atoms with van der Waals surface area (Å²) in [5.41, 5.74) is -0.480. The molecule has 0 radical (unpaired) electrons. The Bertz CT molecular complexity index is 353. The molecule has 0 aromatic rings. The summed E-state index contributed by atoms with van der Waals surface area (Å²) in [5, 5.41) is 11.9. The predicted octanol–water partition coefficient (Wildman–Crippen LogP) is 2.22. The molecule has 1 saturated carbocycles. The average Bonchev–Trinajstić information content (AvgIpc) is 2.74. The molecule has 108 valence electrons. The smallest absolute Gasteiger partial charge is 0.317 e. The molecule has 19 heavy (non-hydrogen) atoms. The highest BCUT2D eigenvalue weighted by atomic mass is 16.4. The number of likely N-dealkylation sites (tertiary alicyclic amines) is 1. The Morgan fingerprint density at radius 1 is 1.42 bits per heavy atom. The summed E-state index contributed by atoms with van der Waals surface area (Å²) >= 11 is 0. The van der Waals surface area contributed by atoms with E-state index < -0.39 is 11.5 Å². The van der Waals surface area contributed by atoms with Crippen LogP contribution in [0, 0.1) is 5.92 Å². The molecule has 1 unspecified atom stereocenters. The van der Waals surface area contributed by atoms with Crippen LogP contribution in [0.3, 0.4) is 0 Å². The van der Waals surface area contributed by atoms with E-state index in [0.29, 0.717) is 5.92 Å². The van der Waals surface area contributed by atoms with Crippen LogP contribution < -0.4 is 5.32 Å². The van der Waals surface area contributed by atoms with E-state index in [1.54, 1.807) is 0 Å². The quantitative estimate of drug-likeness (QED) is 0.803. The number of nitrogens with zero attached hydrogens (tertiary/aromatic N) is 1. The third-order valence-corrected chi connectivity index (χ3v) is 4.44. The van der Waals surface area contributed by atoms with Crippen molar-refractivity contribution in [1.29, 1.82) is 0 Å². The number of hydrogen-bond acceptors (Lipinski definition) is 2. The Morgan fingerprint density at radius 3 is 2.68 bits per heavy atom. The molecule has 2 rings (SSSR count). The average molecular weight is 268 g/mol. The van der Waals surface area contributed by atoms with E-state index in [9.17, 15) is 9.59 Å². The summed E-state index contributed by atoms with van der Waals surface area (Å²) in [6, 6.07) is -0.0699. The fraction of sp³-hybridized carbons (Fsp3) is 0.857. The molecule has 1 aliphatic heterocycles.